The summed E-state index contributed by atoms with van der Waals surface area (Å²) in [6.45, 7) is 7.25. The molecule has 0 radical (unpaired) electrons. The first-order valence-electron chi connectivity index (χ1n) is 7.41. The van der Waals surface area contributed by atoms with E-state index in [9.17, 15) is 4.79 Å². The molecule has 0 bridgehead atoms. The molecular formula is C17H23N3O. The Bertz CT molecular complexity index is 643. The van der Waals surface area contributed by atoms with Crippen LogP contribution in [-0.4, -0.2) is 22.1 Å². The Kier molecular flexibility index (Phi) is 4.91. The molecule has 2 N–H and O–H groups in total. The highest BCUT2D eigenvalue weighted by Gasteiger charge is 2.10. The van der Waals surface area contributed by atoms with Gasteiger partial charge in [-0.2, -0.15) is 5.10 Å². The average Bonchev–Trinajstić information content (AvgIpc) is 2.83. The van der Waals surface area contributed by atoms with Gasteiger partial charge in [-0.05, 0) is 43.5 Å². The maximum atomic E-state index is 11.6. The summed E-state index contributed by atoms with van der Waals surface area (Å²) >= 11 is 0. The fourth-order valence-corrected chi connectivity index (χ4v) is 2.40. The van der Waals surface area contributed by atoms with Gasteiger partial charge in [0.2, 0.25) is 0 Å². The Labute approximate surface area is 126 Å². The summed E-state index contributed by atoms with van der Waals surface area (Å²) in [6, 6.07) is 8.25. The van der Waals surface area contributed by atoms with E-state index in [1.807, 2.05) is 17.7 Å². The number of hydrogen-bond acceptors (Lipinski definition) is 3. The molecule has 0 amide bonds. The zero-order valence-corrected chi connectivity index (χ0v) is 13.0. The number of ketones is 1. The predicted molar refractivity (Wildman–Crippen MR) is 85.2 cm³/mol. The van der Waals surface area contributed by atoms with Crippen LogP contribution < -0.4 is 5.73 Å². The van der Waals surface area contributed by atoms with Crippen LogP contribution in [-0.2, 0) is 17.8 Å². The van der Waals surface area contributed by atoms with Crippen LogP contribution in [0.4, 0.5) is 0 Å². The number of nitrogens with zero attached hydrogens (tertiary/aromatic N) is 2. The van der Waals surface area contributed by atoms with Crippen molar-refractivity contribution in [1.82, 2.24) is 9.78 Å². The van der Waals surface area contributed by atoms with Crippen LogP contribution in [0.1, 0.15) is 30.2 Å². The van der Waals surface area contributed by atoms with Crippen molar-refractivity contribution in [1.29, 1.82) is 0 Å². The highest BCUT2D eigenvalue weighted by Crippen LogP contribution is 2.23. The van der Waals surface area contributed by atoms with Crippen molar-refractivity contribution in [2.75, 3.05) is 6.54 Å². The standard InChI is InChI=1S/C17H23N3O/c1-4-7-20-13(3)8-17(19-20)14-6-5-12(2)15(9-14)10-16(21)11-18/h5-6,8-9H,4,7,10-11,18H2,1-3H3. The van der Waals surface area contributed by atoms with Gasteiger partial charge in [-0.1, -0.05) is 19.1 Å². The molecule has 2 rings (SSSR count). The second-order valence-corrected chi connectivity index (χ2v) is 5.45. The lowest BCUT2D eigenvalue weighted by Crippen LogP contribution is -2.16. The minimum Gasteiger partial charge on any atom is -0.324 e. The van der Waals surface area contributed by atoms with Gasteiger partial charge in [-0.15, -0.1) is 0 Å². The van der Waals surface area contributed by atoms with Crippen molar-refractivity contribution in [3.63, 3.8) is 0 Å². The third-order valence-corrected chi connectivity index (χ3v) is 3.68. The third kappa shape index (κ3) is 3.58. The van der Waals surface area contributed by atoms with Crippen molar-refractivity contribution in [3.8, 4) is 11.3 Å². The largest absolute Gasteiger partial charge is 0.324 e. The van der Waals surface area contributed by atoms with E-state index in [1.165, 1.54) is 0 Å². The maximum Gasteiger partial charge on any atom is 0.150 e. The monoisotopic (exact) mass is 285 g/mol. The second-order valence-electron chi connectivity index (χ2n) is 5.45. The average molecular weight is 285 g/mol. The molecule has 0 aliphatic heterocycles. The van der Waals surface area contributed by atoms with E-state index in [0.29, 0.717) is 6.42 Å². The van der Waals surface area contributed by atoms with Crippen molar-refractivity contribution in [3.05, 3.63) is 41.1 Å². The highest BCUT2D eigenvalue weighted by atomic mass is 16.1. The Balaban J connectivity index is 2.34. The van der Waals surface area contributed by atoms with Gasteiger partial charge in [0.15, 0.2) is 5.78 Å². The number of benzene rings is 1. The molecule has 0 saturated carbocycles. The molecule has 0 atom stereocenters. The molecular weight excluding hydrogens is 262 g/mol. The normalized spacial score (nSPS) is 10.9. The molecule has 21 heavy (non-hydrogen) atoms. The van der Waals surface area contributed by atoms with Gasteiger partial charge >= 0.3 is 0 Å². The molecule has 0 saturated heterocycles. The van der Waals surface area contributed by atoms with E-state index < -0.39 is 0 Å². The molecule has 0 spiro atoms. The number of carbonyl (C=O) groups excluding carboxylic acids is 1. The van der Waals surface area contributed by atoms with Crippen LogP contribution in [0.3, 0.4) is 0 Å². The Morgan fingerprint density at radius 3 is 2.71 bits per heavy atom. The minimum absolute atomic E-state index is 0.0583. The van der Waals surface area contributed by atoms with Crippen LogP contribution in [0.5, 0.6) is 0 Å². The topological polar surface area (TPSA) is 60.9 Å². The number of carbonyl (C=O) groups is 1. The van der Waals surface area contributed by atoms with Gasteiger partial charge < -0.3 is 5.73 Å². The van der Waals surface area contributed by atoms with Gasteiger partial charge in [0.1, 0.15) is 0 Å². The van der Waals surface area contributed by atoms with E-state index >= 15 is 0 Å². The fourth-order valence-electron chi connectivity index (χ4n) is 2.40. The Hall–Kier alpha value is -1.94. The van der Waals surface area contributed by atoms with Crippen LogP contribution in [0.25, 0.3) is 11.3 Å². The zero-order chi connectivity index (χ0) is 15.4. The van der Waals surface area contributed by atoms with Crippen LogP contribution >= 0.6 is 0 Å². The molecule has 4 nitrogen and oxygen atoms in total. The van der Waals surface area contributed by atoms with E-state index in [-0.39, 0.29) is 12.3 Å². The van der Waals surface area contributed by atoms with Crippen LogP contribution in [0, 0.1) is 13.8 Å². The molecule has 0 fully saturated rings. The second kappa shape index (κ2) is 6.68. The lowest BCUT2D eigenvalue weighted by molar-refractivity contribution is -0.117. The Morgan fingerprint density at radius 1 is 1.29 bits per heavy atom. The molecule has 0 unspecified atom stereocenters. The van der Waals surface area contributed by atoms with E-state index in [0.717, 1.165) is 41.0 Å². The molecule has 0 aliphatic rings. The van der Waals surface area contributed by atoms with Crippen molar-refractivity contribution in [2.45, 2.75) is 40.2 Å². The number of nitrogens with two attached hydrogens (primary N) is 1. The summed E-state index contributed by atoms with van der Waals surface area (Å²) in [5.41, 5.74) is 10.7. The van der Waals surface area contributed by atoms with Gasteiger partial charge in [-0.3, -0.25) is 9.48 Å². The molecule has 1 aromatic heterocycles. The summed E-state index contributed by atoms with van der Waals surface area (Å²) < 4.78 is 2.03. The highest BCUT2D eigenvalue weighted by molar-refractivity contribution is 5.83. The van der Waals surface area contributed by atoms with Crippen LogP contribution in [0.2, 0.25) is 0 Å². The predicted octanol–water partition coefficient (Wildman–Crippen LogP) is 2.65. The van der Waals surface area contributed by atoms with E-state index in [2.05, 4.69) is 37.1 Å². The van der Waals surface area contributed by atoms with Crippen molar-refractivity contribution < 1.29 is 4.79 Å². The third-order valence-electron chi connectivity index (χ3n) is 3.68. The lowest BCUT2D eigenvalue weighted by atomic mass is 9.99. The van der Waals surface area contributed by atoms with Crippen LogP contribution in [0.15, 0.2) is 24.3 Å². The summed E-state index contributed by atoms with van der Waals surface area (Å²) in [4.78, 5) is 11.6. The van der Waals surface area contributed by atoms with Crippen molar-refractivity contribution in [2.24, 2.45) is 5.73 Å². The number of aromatic nitrogens is 2. The van der Waals surface area contributed by atoms with E-state index in [4.69, 9.17) is 5.73 Å². The first-order valence-corrected chi connectivity index (χ1v) is 7.41. The first kappa shape index (κ1) is 15.4. The quantitative estimate of drug-likeness (QED) is 0.887. The van der Waals surface area contributed by atoms with Gasteiger partial charge in [0.25, 0.3) is 0 Å². The smallest absolute Gasteiger partial charge is 0.150 e. The number of hydrogen-bond donors (Lipinski definition) is 1. The number of Topliss-reactive ketones (excluding diaryl/α,β-unsaturated/α-hetero) is 1. The van der Waals surface area contributed by atoms with Gasteiger partial charge in [-0.25, -0.2) is 0 Å². The summed E-state index contributed by atoms with van der Waals surface area (Å²) in [6.07, 6.45) is 1.46. The Morgan fingerprint density at radius 2 is 2.05 bits per heavy atom. The maximum absolute atomic E-state index is 11.6. The number of aryl methyl sites for hydroxylation is 3. The fraction of sp³-hybridized carbons (Fsp3) is 0.412. The summed E-state index contributed by atoms with van der Waals surface area (Å²) in [7, 11) is 0. The molecule has 1 aromatic carbocycles. The van der Waals surface area contributed by atoms with E-state index in [1.54, 1.807) is 0 Å². The van der Waals surface area contributed by atoms with Gasteiger partial charge in [0.05, 0.1) is 12.2 Å². The molecule has 4 heteroatoms. The van der Waals surface area contributed by atoms with Gasteiger partial charge in [0, 0.05) is 24.2 Å². The molecule has 0 aliphatic carbocycles. The molecule has 1 heterocycles. The SMILES string of the molecule is CCCn1nc(-c2ccc(C)c(CC(=O)CN)c2)cc1C. The number of rotatable bonds is 6. The molecule has 2 aromatic rings. The summed E-state index contributed by atoms with van der Waals surface area (Å²) in [5, 5.41) is 4.65. The van der Waals surface area contributed by atoms with Crippen molar-refractivity contribution >= 4 is 5.78 Å². The molecule has 112 valence electrons. The first-order chi connectivity index (χ1) is 10.0. The lowest BCUT2D eigenvalue weighted by Gasteiger charge is -2.07. The summed E-state index contributed by atoms with van der Waals surface area (Å²) in [5.74, 6) is 0.0583. The minimum atomic E-state index is 0.0583. The zero-order valence-electron chi connectivity index (χ0n) is 13.0.